The molecule has 76 valence electrons. The van der Waals surface area contributed by atoms with Gasteiger partial charge in [-0.2, -0.15) is 0 Å². The highest BCUT2D eigenvalue weighted by atomic mass is 16.2. The van der Waals surface area contributed by atoms with Gasteiger partial charge in [0.05, 0.1) is 11.9 Å². The molecule has 0 spiro atoms. The molecule has 0 aromatic carbocycles. The second-order valence-corrected chi connectivity index (χ2v) is 2.90. The molecule has 6 heteroatoms. The Morgan fingerprint density at radius 1 is 1.50 bits per heavy atom. The number of pyridine rings is 1. The fraction of sp³-hybridized carbons (Fsp3) is 0.250. The molecule has 0 bridgehead atoms. The minimum Gasteiger partial charge on any atom is -0.363 e. The molecule has 0 aliphatic heterocycles. The third-order valence-electron chi connectivity index (χ3n) is 1.60. The second kappa shape index (κ2) is 4.43. The molecule has 0 aliphatic carbocycles. The summed E-state index contributed by atoms with van der Waals surface area (Å²) in [7, 11) is 3.78. The van der Waals surface area contributed by atoms with E-state index in [1.807, 2.05) is 24.4 Å². The van der Waals surface area contributed by atoms with Crippen molar-refractivity contribution in [3.63, 3.8) is 0 Å². The summed E-state index contributed by atoms with van der Waals surface area (Å²) < 4.78 is 0. The number of hydrogen-bond acceptors (Lipinski definition) is 4. The van der Waals surface area contributed by atoms with Crippen molar-refractivity contribution in [3.8, 4) is 0 Å². The molecular formula is C8H13N5O. The molecule has 0 fully saturated rings. The van der Waals surface area contributed by atoms with Crippen molar-refractivity contribution in [2.45, 2.75) is 0 Å². The molecule has 0 saturated heterocycles. The van der Waals surface area contributed by atoms with Crippen LogP contribution in [0.4, 0.5) is 16.3 Å². The highest BCUT2D eigenvalue weighted by Crippen LogP contribution is 2.10. The molecule has 6 nitrogen and oxygen atoms in total. The summed E-state index contributed by atoms with van der Waals surface area (Å²) in [5.74, 6) is 5.73. The van der Waals surface area contributed by atoms with Gasteiger partial charge < -0.3 is 10.2 Å². The summed E-state index contributed by atoms with van der Waals surface area (Å²) in [6.07, 6.45) is 1.56. The predicted octanol–water partition coefficient (Wildman–Crippen LogP) is 0.143. The topological polar surface area (TPSA) is 83.3 Å². The average Bonchev–Trinajstić information content (AvgIpc) is 2.18. The van der Waals surface area contributed by atoms with Crippen LogP contribution >= 0.6 is 0 Å². The third-order valence-corrected chi connectivity index (χ3v) is 1.60. The molecule has 1 aromatic rings. The van der Waals surface area contributed by atoms with Crippen molar-refractivity contribution < 1.29 is 4.79 Å². The van der Waals surface area contributed by atoms with E-state index in [-0.39, 0.29) is 0 Å². The molecule has 0 unspecified atom stereocenters. The van der Waals surface area contributed by atoms with Gasteiger partial charge in [0, 0.05) is 14.1 Å². The van der Waals surface area contributed by atoms with E-state index in [1.54, 1.807) is 18.3 Å². The van der Waals surface area contributed by atoms with E-state index in [1.165, 1.54) is 0 Å². The lowest BCUT2D eigenvalue weighted by Gasteiger charge is -2.11. The second-order valence-electron chi connectivity index (χ2n) is 2.90. The Hall–Kier alpha value is -1.82. The van der Waals surface area contributed by atoms with Crippen LogP contribution in [-0.2, 0) is 0 Å². The number of carbonyl (C=O) groups excluding carboxylic acids is 1. The smallest absolute Gasteiger partial charge is 0.333 e. The summed E-state index contributed by atoms with van der Waals surface area (Å²) in [5.41, 5.74) is 2.56. The maximum atomic E-state index is 10.8. The predicted molar refractivity (Wildman–Crippen MR) is 54.9 cm³/mol. The van der Waals surface area contributed by atoms with Gasteiger partial charge in [-0.15, -0.1) is 0 Å². The van der Waals surface area contributed by atoms with Crippen molar-refractivity contribution in [1.82, 2.24) is 10.4 Å². The van der Waals surface area contributed by atoms with Gasteiger partial charge in [0.2, 0.25) is 0 Å². The van der Waals surface area contributed by atoms with Gasteiger partial charge in [0.1, 0.15) is 5.82 Å². The molecule has 2 amide bonds. The number of carbonyl (C=O) groups is 1. The first-order chi connectivity index (χ1) is 6.63. The number of urea groups is 1. The first kappa shape index (κ1) is 10.3. The molecule has 0 radical (unpaired) electrons. The Morgan fingerprint density at radius 2 is 2.21 bits per heavy atom. The number of rotatable bonds is 2. The van der Waals surface area contributed by atoms with Crippen LogP contribution in [0.3, 0.4) is 0 Å². The Kier molecular flexibility index (Phi) is 3.24. The van der Waals surface area contributed by atoms with Crippen molar-refractivity contribution in [3.05, 3.63) is 18.3 Å². The van der Waals surface area contributed by atoms with Crippen LogP contribution in [-0.4, -0.2) is 25.1 Å². The number of aromatic nitrogens is 1. The first-order valence-electron chi connectivity index (χ1n) is 4.04. The van der Waals surface area contributed by atoms with Crippen LogP contribution in [0.1, 0.15) is 0 Å². The normalized spacial score (nSPS) is 9.36. The van der Waals surface area contributed by atoms with E-state index in [9.17, 15) is 4.79 Å². The number of hydrogen-bond donors (Lipinski definition) is 3. The molecule has 0 atom stereocenters. The lowest BCUT2D eigenvalue weighted by molar-refractivity contribution is 0.252. The van der Waals surface area contributed by atoms with Crippen LogP contribution < -0.4 is 21.5 Å². The lowest BCUT2D eigenvalue weighted by atomic mass is 10.4. The minimum absolute atomic E-state index is 0.468. The molecule has 1 rings (SSSR count). The van der Waals surface area contributed by atoms with Gasteiger partial charge in [-0.3, -0.25) is 5.43 Å². The van der Waals surface area contributed by atoms with E-state index in [4.69, 9.17) is 5.84 Å². The summed E-state index contributed by atoms with van der Waals surface area (Å²) >= 11 is 0. The largest absolute Gasteiger partial charge is 0.363 e. The fourth-order valence-corrected chi connectivity index (χ4v) is 0.892. The number of hydrazine groups is 1. The standard InChI is InChI=1S/C8H13N5O/c1-13(2)7-4-3-6(5-10-7)11-8(14)12-9/h3-5H,9H2,1-2H3,(H2,11,12,14). The van der Waals surface area contributed by atoms with Crippen LogP contribution in [0, 0.1) is 0 Å². The van der Waals surface area contributed by atoms with E-state index >= 15 is 0 Å². The maximum Gasteiger partial charge on any atom is 0.333 e. The van der Waals surface area contributed by atoms with Crippen LogP contribution in [0.15, 0.2) is 18.3 Å². The lowest BCUT2D eigenvalue weighted by Crippen LogP contribution is -2.34. The average molecular weight is 195 g/mol. The zero-order chi connectivity index (χ0) is 10.6. The summed E-state index contributed by atoms with van der Waals surface area (Å²) in [4.78, 5) is 16.8. The van der Waals surface area contributed by atoms with Gasteiger partial charge in [0.15, 0.2) is 0 Å². The Balaban J connectivity index is 2.69. The van der Waals surface area contributed by atoms with Crippen LogP contribution in [0.5, 0.6) is 0 Å². The minimum atomic E-state index is -0.468. The van der Waals surface area contributed by atoms with Crippen molar-refractivity contribution in [1.29, 1.82) is 0 Å². The summed E-state index contributed by atoms with van der Waals surface area (Å²) in [5, 5.41) is 2.50. The van der Waals surface area contributed by atoms with Crippen LogP contribution in [0.25, 0.3) is 0 Å². The molecular weight excluding hydrogens is 182 g/mol. The SMILES string of the molecule is CN(C)c1ccc(NC(=O)NN)cn1. The van der Waals surface area contributed by atoms with E-state index in [0.717, 1.165) is 5.82 Å². The number of nitrogens with zero attached hydrogens (tertiary/aromatic N) is 2. The highest BCUT2D eigenvalue weighted by molar-refractivity contribution is 5.88. The first-order valence-corrected chi connectivity index (χ1v) is 4.04. The molecule has 14 heavy (non-hydrogen) atoms. The van der Waals surface area contributed by atoms with E-state index < -0.39 is 6.03 Å². The fourth-order valence-electron chi connectivity index (χ4n) is 0.892. The van der Waals surface area contributed by atoms with Crippen molar-refractivity contribution in [2.24, 2.45) is 5.84 Å². The van der Waals surface area contributed by atoms with Crippen molar-refractivity contribution in [2.75, 3.05) is 24.3 Å². The monoisotopic (exact) mass is 195 g/mol. The Morgan fingerprint density at radius 3 is 2.64 bits per heavy atom. The van der Waals surface area contributed by atoms with Gasteiger partial charge in [-0.05, 0) is 12.1 Å². The maximum absolute atomic E-state index is 10.8. The van der Waals surface area contributed by atoms with Gasteiger partial charge in [0.25, 0.3) is 0 Å². The number of anilines is 2. The number of nitrogens with one attached hydrogen (secondary N) is 2. The highest BCUT2D eigenvalue weighted by Gasteiger charge is 2.00. The molecule has 4 N–H and O–H groups in total. The van der Waals surface area contributed by atoms with Gasteiger partial charge in [-0.1, -0.05) is 0 Å². The molecule has 1 heterocycles. The van der Waals surface area contributed by atoms with E-state index in [2.05, 4.69) is 10.3 Å². The quantitative estimate of drug-likeness (QED) is 0.356. The summed E-state index contributed by atoms with van der Waals surface area (Å²) in [6, 6.07) is 3.08. The van der Waals surface area contributed by atoms with E-state index in [0.29, 0.717) is 5.69 Å². The molecule has 0 saturated carbocycles. The van der Waals surface area contributed by atoms with Crippen molar-refractivity contribution >= 4 is 17.5 Å². The Labute approximate surface area is 82.1 Å². The zero-order valence-electron chi connectivity index (χ0n) is 8.11. The number of nitrogens with two attached hydrogens (primary N) is 1. The van der Waals surface area contributed by atoms with Gasteiger partial charge in [-0.25, -0.2) is 15.6 Å². The summed E-state index contributed by atoms with van der Waals surface area (Å²) in [6.45, 7) is 0. The molecule has 1 aromatic heterocycles. The van der Waals surface area contributed by atoms with Gasteiger partial charge >= 0.3 is 6.03 Å². The Bertz CT molecular complexity index is 308. The van der Waals surface area contributed by atoms with Crippen LogP contribution in [0.2, 0.25) is 0 Å². The zero-order valence-corrected chi connectivity index (χ0v) is 8.11. The number of amides is 2. The molecule has 0 aliphatic rings. The third kappa shape index (κ3) is 2.60.